The molecule has 0 unspecified atom stereocenters. The van der Waals surface area contributed by atoms with Crippen molar-refractivity contribution in [2.24, 2.45) is 0 Å². The van der Waals surface area contributed by atoms with Crippen LogP contribution in [-0.2, 0) is 9.59 Å². The molecule has 13 heavy (non-hydrogen) atoms. The topological polar surface area (TPSA) is 74.6 Å². The summed E-state index contributed by atoms with van der Waals surface area (Å²) in [5.74, 6) is -2.62. The summed E-state index contributed by atoms with van der Waals surface area (Å²) in [6.07, 6.45) is 2.51. The van der Waals surface area contributed by atoms with Crippen LogP contribution in [0.25, 0.3) is 0 Å². The SMILES string of the molecule is C[CH-]CC.O=C(O)CC(=O)O.[H-].[Li+].[Na+]. The molecule has 4 nitrogen and oxygen atoms in total. The largest absolute Gasteiger partial charge is 1.00 e. The van der Waals surface area contributed by atoms with E-state index in [0.717, 1.165) is 0 Å². The molecule has 0 radical (unpaired) electrons. The second-order valence-electron chi connectivity index (χ2n) is 1.78. The first-order valence-corrected chi connectivity index (χ1v) is 3.26. The van der Waals surface area contributed by atoms with Gasteiger partial charge in [0, 0.05) is 0 Å². The van der Waals surface area contributed by atoms with Crippen molar-refractivity contribution in [3.63, 3.8) is 0 Å². The molecular weight excluding hydrogens is 178 g/mol. The van der Waals surface area contributed by atoms with Gasteiger partial charge in [-0.2, -0.15) is 13.3 Å². The van der Waals surface area contributed by atoms with Gasteiger partial charge in [-0.05, 0) is 0 Å². The van der Waals surface area contributed by atoms with E-state index in [0.29, 0.717) is 0 Å². The monoisotopic (exact) mass is 192 g/mol. The van der Waals surface area contributed by atoms with Crippen LogP contribution in [0, 0.1) is 6.42 Å². The molecule has 0 saturated heterocycles. The smallest absolute Gasteiger partial charge is 1.00 e. The Morgan fingerprint density at radius 3 is 1.54 bits per heavy atom. The minimum absolute atomic E-state index is 0. The van der Waals surface area contributed by atoms with Crippen LogP contribution < -0.4 is 48.4 Å². The second kappa shape index (κ2) is 18.3. The average Bonchev–Trinajstić information content (AvgIpc) is 1.85. The van der Waals surface area contributed by atoms with Crippen LogP contribution in [0.15, 0.2) is 0 Å². The van der Waals surface area contributed by atoms with Gasteiger partial charge in [0.25, 0.3) is 0 Å². The number of unbranched alkanes of at least 4 members (excludes halogenated alkanes) is 1. The number of hydrogen-bond acceptors (Lipinski definition) is 2. The molecule has 0 aromatic carbocycles. The number of carbonyl (C=O) groups is 2. The summed E-state index contributed by atoms with van der Waals surface area (Å²) < 4.78 is 0. The molecule has 0 aliphatic carbocycles. The first-order chi connectivity index (χ1) is 5.04. The summed E-state index contributed by atoms with van der Waals surface area (Å²) in [5, 5.41) is 15.4. The summed E-state index contributed by atoms with van der Waals surface area (Å²) in [7, 11) is 0. The molecule has 0 atom stereocenters. The molecule has 6 heteroatoms. The molecule has 0 spiro atoms. The number of aliphatic carboxylic acids is 2. The van der Waals surface area contributed by atoms with E-state index in [9.17, 15) is 9.59 Å². The zero-order chi connectivity index (χ0) is 9.28. The molecular formula is C7H14LiNaO4. The van der Waals surface area contributed by atoms with Gasteiger partial charge in [0.1, 0.15) is 6.42 Å². The van der Waals surface area contributed by atoms with E-state index in [1.54, 1.807) is 0 Å². The van der Waals surface area contributed by atoms with Crippen molar-refractivity contribution in [1.82, 2.24) is 0 Å². The maximum Gasteiger partial charge on any atom is 1.00 e. The number of carboxylic acids is 2. The Kier molecular flexibility index (Phi) is 33.0. The summed E-state index contributed by atoms with van der Waals surface area (Å²) >= 11 is 0. The molecule has 0 aromatic rings. The van der Waals surface area contributed by atoms with Gasteiger partial charge in [0.2, 0.25) is 0 Å². The maximum absolute atomic E-state index is 9.43. The summed E-state index contributed by atoms with van der Waals surface area (Å²) in [4.78, 5) is 18.9. The van der Waals surface area contributed by atoms with E-state index in [4.69, 9.17) is 10.2 Å². The van der Waals surface area contributed by atoms with Crippen molar-refractivity contribution in [1.29, 1.82) is 0 Å². The average molecular weight is 192 g/mol. The Morgan fingerprint density at radius 2 is 1.54 bits per heavy atom. The summed E-state index contributed by atoms with van der Waals surface area (Å²) in [5.41, 5.74) is 0. The fourth-order valence-electron chi connectivity index (χ4n) is 0.129. The number of hydrogen-bond donors (Lipinski definition) is 2. The van der Waals surface area contributed by atoms with Gasteiger partial charge in [-0.3, -0.25) is 9.59 Å². The predicted octanol–water partition coefficient (Wildman–Crippen LogP) is -4.71. The minimum atomic E-state index is -1.31. The van der Waals surface area contributed by atoms with E-state index in [1.165, 1.54) is 6.42 Å². The van der Waals surface area contributed by atoms with Crippen molar-refractivity contribution in [2.75, 3.05) is 0 Å². The zero-order valence-corrected chi connectivity index (χ0v) is 10.7. The van der Waals surface area contributed by atoms with Gasteiger partial charge in [-0.25, -0.2) is 0 Å². The van der Waals surface area contributed by atoms with Crippen molar-refractivity contribution in [3.05, 3.63) is 6.42 Å². The standard InChI is InChI=1S/C4H9.C3H4O4.Li.Na.H/c1-3-4-2;4-2(5)1-3(6)7;;;/h3H,4H2,1-2H3;1H2,(H,4,5)(H,6,7);;;/q-1;;2*+1;-1. The van der Waals surface area contributed by atoms with Gasteiger partial charge in [0.05, 0.1) is 0 Å². The first-order valence-electron chi connectivity index (χ1n) is 3.26. The Balaban J connectivity index is -0.0000000347. The molecule has 0 fully saturated rings. The number of rotatable bonds is 3. The third kappa shape index (κ3) is 45.4. The van der Waals surface area contributed by atoms with Crippen LogP contribution in [0.4, 0.5) is 0 Å². The Morgan fingerprint density at radius 1 is 1.31 bits per heavy atom. The predicted molar refractivity (Wildman–Crippen MR) is 41.3 cm³/mol. The van der Waals surface area contributed by atoms with Crippen LogP contribution in [0.3, 0.4) is 0 Å². The van der Waals surface area contributed by atoms with Crippen LogP contribution >= 0.6 is 0 Å². The normalized spacial score (nSPS) is 6.62. The van der Waals surface area contributed by atoms with Crippen LogP contribution in [0.2, 0.25) is 0 Å². The molecule has 2 N–H and O–H groups in total. The fourth-order valence-corrected chi connectivity index (χ4v) is 0.129. The van der Waals surface area contributed by atoms with Crippen LogP contribution in [0.1, 0.15) is 28.1 Å². The van der Waals surface area contributed by atoms with E-state index in [1.807, 2.05) is 0 Å². The second-order valence-corrected chi connectivity index (χ2v) is 1.78. The van der Waals surface area contributed by atoms with E-state index < -0.39 is 18.4 Å². The Labute approximate surface area is 114 Å². The third-order valence-corrected chi connectivity index (χ3v) is 0.711. The van der Waals surface area contributed by atoms with Gasteiger partial charge < -0.3 is 18.1 Å². The molecule has 0 saturated carbocycles. The van der Waals surface area contributed by atoms with Crippen molar-refractivity contribution in [3.8, 4) is 0 Å². The van der Waals surface area contributed by atoms with Crippen LogP contribution in [-0.4, -0.2) is 22.2 Å². The minimum Gasteiger partial charge on any atom is -1.00 e. The first kappa shape index (κ1) is 23.4. The molecule has 0 aliphatic rings. The van der Waals surface area contributed by atoms with Gasteiger partial charge in [-0.1, -0.05) is 6.92 Å². The van der Waals surface area contributed by atoms with Gasteiger partial charge in [-0.15, -0.1) is 0 Å². The Bertz CT molecular complexity index is 121. The molecule has 0 amide bonds. The molecule has 0 aromatic heterocycles. The van der Waals surface area contributed by atoms with Gasteiger partial charge >= 0.3 is 60.4 Å². The maximum atomic E-state index is 9.43. The zero-order valence-electron chi connectivity index (χ0n) is 9.70. The molecule has 0 rings (SSSR count). The molecule has 0 aliphatic heterocycles. The summed E-state index contributed by atoms with van der Waals surface area (Å²) in [6, 6.07) is 0. The van der Waals surface area contributed by atoms with Gasteiger partial charge in [0.15, 0.2) is 0 Å². The quantitative estimate of drug-likeness (QED) is 0.267. The van der Waals surface area contributed by atoms with E-state index in [2.05, 4.69) is 20.3 Å². The van der Waals surface area contributed by atoms with Crippen molar-refractivity contribution in [2.45, 2.75) is 26.7 Å². The van der Waals surface area contributed by atoms with E-state index >= 15 is 0 Å². The molecule has 0 bridgehead atoms. The van der Waals surface area contributed by atoms with E-state index in [-0.39, 0.29) is 49.8 Å². The van der Waals surface area contributed by atoms with Crippen molar-refractivity contribution < 1.29 is 69.6 Å². The number of carboxylic acid groups (broad SMARTS) is 2. The molecule has 0 heterocycles. The van der Waals surface area contributed by atoms with Crippen molar-refractivity contribution >= 4 is 11.9 Å². The molecule has 68 valence electrons. The fraction of sp³-hybridized carbons (Fsp3) is 0.571. The third-order valence-electron chi connectivity index (χ3n) is 0.711. The van der Waals surface area contributed by atoms with Crippen LogP contribution in [0.5, 0.6) is 0 Å². The Hall–Kier alpha value is 0.537. The summed E-state index contributed by atoms with van der Waals surface area (Å²) in [6.45, 7) is 4.18.